The molecule has 1 aliphatic rings. The summed E-state index contributed by atoms with van der Waals surface area (Å²) >= 11 is 9.03. The van der Waals surface area contributed by atoms with Gasteiger partial charge < -0.3 is 10.2 Å². The summed E-state index contributed by atoms with van der Waals surface area (Å²) in [6, 6.07) is 11.7. The van der Waals surface area contributed by atoms with Gasteiger partial charge in [0.1, 0.15) is 5.01 Å². The van der Waals surface area contributed by atoms with Crippen LogP contribution in [0.3, 0.4) is 0 Å². The lowest BCUT2D eigenvalue weighted by Gasteiger charge is -2.34. The summed E-state index contributed by atoms with van der Waals surface area (Å²) in [5.74, 6) is 0.0568. The van der Waals surface area contributed by atoms with E-state index in [0.29, 0.717) is 39.1 Å². The number of nitrogens with zero attached hydrogens (tertiary/aromatic N) is 3. The Hall–Kier alpha value is -2.26. The summed E-state index contributed by atoms with van der Waals surface area (Å²) in [6.45, 7) is 5.02. The maximum Gasteiger partial charge on any atom is 0.238 e. The Morgan fingerprint density at radius 2 is 1.91 bits per heavy atom. The zero-order valence-corrected chi connectivity index (χ0v) is 20.2. The van der Waals surface area contributed by atoms with Gasteiger partial charge in [-0.25, -0.2) is 4.98 Å². The van der Waals surface area contributed by atoms with Crippen LogP contribution in [0.15, 0.2) is 41.8 Å². The number of thiophene rings is 1. The summed E-state index contributed by atoms with van der Waals surface area (Å²) in [6.07, 6.45) is 1.17. The Morgan fingerprint density at radius 1 is 1.12 bits per heavy atom. The SMILES string of the molecule is CCc1ccccc1NC(=O)CN1CCN(C(=O)Cc2csc(-c3ccc(Cl)s3)n2)CC1. The largest absolute Gasteiger partial charge is 0.340 e. The van der Waals surface area contributed by atoms with Crippen molar-refractivity contribution < 1.29 is 9.59 Å². The average Bonchev–Trinajstić information content (AvgIpc) is 3.43. The number of rotatable bonds is 7. The summed E-state index contributed by atoms with van der Waals surface area (Å²) in [5, 5.41) is 5.85. The fraction of sp³-hybridized carbons (Fsp3) is 0.348. The van der Waals surface area contributed by atoms with Crippen molar-refractivity contribution in [1.29, 1.82) is 0 Å². The van der Waals surface area contributed by atoms with Crippen LogP contribution in [-0.2, 0) is 22.4 Å². The summed E-state index contributed by atoms with van der Waals surface area (Å²) in [5.41, 5.74) is 2.79. The number of anilines is 1. The molecule has 1 fully saturated rings. The van der Waals surface area contributed by atoms with E-state index in [1.165, 1.54) is 22.7 Å². The average molecular weight is 489 g/mol. The van der Waals surface area contributed by atoms with Crippen LogP contribution < -0.4 is 5.32 Å². The maximum absolute atomic E-state index is 12.7. The van der Waals surface area contributed by atoms with Gasteiger partial charge in [-0.05, 0) is 30.2 Å². The highest BCUT2D eigenvalue weighted by molar-refractivity contribution is 7.23. The first-order valence-electron chi connectivity index (χ1n) is 10.6. The Bertz CT molecular complexity index is 1090. The molecule has 1 aliphatic heterocycles. The monoisotopic (exact) mass is 488 g/mol. The number of halogens is 1. The van der Waals surface area contributed by atoms with Crippen LogP contribution in [-0.4, -0.2) is 59.3 Å². The Balaban J connectivity index is 1.24. The molecule has 4 rings (SSSR count). The molecule has 0 saturated carbocycles. The van der Waals surface area contributed by atoms with Crippen molar-refractivity contribution in [2.75, 3.05) is 38.0 Å². The first-order chi connectivity index (χ1) is 15.5. The third kappa shape index (κ3) is 5.75. The first kappa shape index (κ1) is 22.9. The molecular formula is C23H25ClN4O2S2. The normalized spacial score (nSPS) is 14.5. The molecule has 3 aromatic rings. The van der Waals surface area contributed by atoms with Crippen LogP contribution in [0, 0.1) is 0 Å². The van der Waals surface area contributed by atoms with Crippen molar-refractivity contribution in [3.8, 4) is 9.88 Å². The van der Waals surface area contributed by atoms with E-state index in [1.54, 1.807) is 0 Å². The van der Waals surface area contributed by atoms with E-state index in [-0.39, 0.29) is 11.8 Å². The molecular weight excluding hydrogens is 464 g/mol. The highest BCUT2D eigenvalue weighted by atomic mass is 35.5. The van der Waals surface area contributed by atoms with Crippen LogP contribution in [0.2, 0.25) is 4.34 Å². The summed E-state index contributed by atoms with van der Waals surface area (Å²) in [4.78, 5) is 34.8. The molecule has 6 nitrogen and oxygen atoms in total. The van der Waals surface area contributed by atoms with Gasteiger partial charge in [-0.15, -0.1) is 22.7 Å². The van der Waals surface area contributed by atoms with E-state index in [4.69, 9.17) is 11.6 Å². The second-order valence-electron chi connectivity index (χ2n) is 7.64. The second kappa shape index (κ2) is 10.6. The molecule has 168 valence electrons. The Kier molecular flexibility index (Phi) is 7.57. The van der Waals surface area contributed by atoms with Crippen molar-refractivity contribution in [3.63, 3.8) is 0 Å². The molecule has 32 heavy (non-hydrogen) atoms. The molecule has 1 saturated heterocycles. The van der Waals surface area contributed by atoms with Gasteiger partial charge in [-0.2, -0.15) is 0 Å². The first-order valence-corrected chi connectivity index (χ1v) is 12.7. The lowest BCUT2D eigenvalue weighted by atomic mass is 10.1. The number of carbonyl (C=O) groups is 2. The van der Waals surface area contributed by atoms with Crippen molar-refractivity contribution in [2.45, 2.75) is 19.8 Å². The van der Waals surface area contributed by atoms with Crippen molar-refractivity contribution in [2.24, 2.45) is 0 Å². The minimum atomic E-state index is -0.0191. The number of hydrogen-bond donors (Lipinski definition) is 1. The van der Waals surface area contributed by atoms with E-state index < -0.39 is 0 Å². The number of benzene rings is 1. The van der Waals surface area contributed by atoms with Crippen LogP contribution in [0.5, 0.6) is 0 Å². The van der Waals surface area contributed by atoms with Gasteiger partial charge in [0.2, 0.25) is 11.8 Å². The lowest BCUT2D eigenvalue weighted by molar-refractivity contribution is -0.132. The number of aryl methyl sites for hydroxylation is 1. The van der Waals surface area contributed by atoms with Crippen LogP contribution in [0.25, 0.3) is 9.88 Å². The molecule has 0 radical (unpaired) electrons. The van der Waals surface area contributed by atoms with Crippen molar-refractivity contribution in [3.05, 3.63) is 57.4 Å². The second-order valence-corrected chi connectivity index (χ2v) is 10.2. The molecule has 0 unspecified atom stereocenters. The van der Waals surface area contributed by atoms with Crippen molar-refractivity contribution >= 4 is 51.8 Å². The summed E-state index contributed by atoms with van der Waals surface area (Å²) in [7, 11) is 0. The van der Waals surface area contributed by atoms with E-state index in [9.17, 15) is 9.59 Å². The molecule has 1 N–H and O–H groups in total. The molecule has 1 aromatic carbocycles. The predicted octanol–water partition coefficient (Wildman–Crippen LogP) is 4.41. The highest BCUT2D eigenvalue weighted by Crippen LogP contribution is 2.33. The fourth-order valence-corrected chi connectivity index (χ4v) is 5.63. The zero-order valence-electron chi connectivity index (χ0n) is 17.8. The molecule has 0 atom stereocenters. The molecule has 0 bridgehead atoms. The van der Waals surface area contributed by atoms with Crippen molar-refractivity contribution in [1.82, 2.24) is 14.8 Å². The number of carbonyl (C=O) groups excluding carboxylic acids is 2. The van der Waals surface area contributed by atoms with Gasteiger partial charge in [0.25, 0.3) is 0 Å². The van der Waals surface area contributed by atoms with Gasteiger partial charge in [0.15, 0.2) is 0 Å². The minimum absolute atomic E-state index is 0.0191. The standard InChI is InChI=1S/C23H25ClN4O2S2/c1-2-16-5-3-4-6-18(16)26-21(29)14-27-9-11-28(12-10-27)22(30)13-17-15-31-23(25-17)19-7-8-20(24)32-19/h3-8,15H,2,9-14H2,1H3,(H,26,29). The number of thiazole rings is 1. The number of piperazine rings is 1. The molecule has 3 heterocycles. The Morgan fingerprint density at radius 3 is 2.62 bits per heavy atom. The topological polar surface area (TPSA) is 65.5 Å². The fourth-order valence-electron chi connectivity index (χ4n) is 3.70. The zero-order chi connectivity index (χ0) is 22.5. The van der Waals surface area contributed by atoms with E-state index in [1.807, 2.05) is 46.7 Å². The van der Waals surface area contributed by atoms with E-state index in [0.717, 1.165) is 37.6 Å². The number of amides is 2. The van der Waals surface area contributed by atoms with Crippen LogP contribution >= 0.6 is 34.3 Å². The number of nitrogens with one attached hydrogen (secondary N) is 1. The van der Waals surface area contributed by atoms with Crippen LogP contribution in [0.1, 0.15) is 18.2 Å². The number of para-hydroxylation sites is 1. The quantitative estimate of drug-likeness (QED) is 0.535. The maximum atomic E-state index is 12.7. The third-order valence-corrected chi connectivity index (χ3v) is 7.72. The molecule has 2 aromatic heterocycles. The van der Waals surface area contributed by atoms with Gasteiger partial charge in [0, 0.05) is 37.2 Å². The highest BCUT2D eigenvalue weighted by Gasteiger charge is 2.23. The predicted molar refractivity (Wildman–Crippen MR) is 132 cm³/mol. The van der Waals surface area contributed by atoms with E-state index >= 15 is 0 Å². The number of hydrogen-bond acceptors (Lipinski definition) is 6. The van der Waals surface area contributed by atoms with Gasteiger partial charge in [0.05, 0.1) is 27.9 Å². The third-order valence-electron chi connectivity index (χ3n) is 5.43. The minimum Gasteiger partial charge on any atom is -0.340 e. The van der Waals surface area contributed by atoms with Crippen LogP contribution in [0.4, 0.5) is 5.69 Å². The molecule has 9 heteroatoms. The van der Waals surface area contributed by atoms with Gasteiger partial charge >= 0.3 is 0 Å². The lowest BCUT2D eigenvalue weighted by Crippen LogP contribution is -2.50. The molecule has 0 aliphatic carbocycles. The summed E-state index contributed by atoms with van der Waals surface area (Å²) < 4.78 is 0.731. The van der Waals surface area contributed by atoms with Gasteiger partial charge in [-0.1, -0.05) is 36.7 Å². The smallest absolute Gasteiger partial charge is 0.238 e. The number of aromatic nitrogens is 1. The Labute approximate surface area is 200 Å². The van der Waals surface area contributed by atoms with Gasteiger partial charge in [-0.3, -0.25) is 14.5 Å². The van der Waals surface area contributed by atoms with E-state index in [2.05, 4.69) is 22.1 Å². The molecule has 0 spiro atoms. The molecule has 2 amide bonds.